The Morgan fingerprint density at radius 2 is 0.878 bits per heavy atom. The van der Waals surface area contributed by atoms with E-state index >= 15 is 0 Å². The number of rotatable bonds is 4. The molecule has 10 aromatic rings. The van der Waals surface area contributed by atoms with Gasteiger partial charge in [0, 0.05) is 27.3 Å². The van der Waals surface area contributed by atoms with Crippen LogP contribution in [0.15, 0.2) is 170 Å². The van der Waals surface area contributed by atoms with Gasteiger partial charge in [-0.15, -0.1) is 0 Å². The van der Waals surface area contributed by atoms with Crippen LogP contribution in [0.2, 0.25) is 0 Å². The van der Waals surface area contributed by atoms with Crippen LogP contribution in [0.3, 0.4) is 0 Å². The average Bonchev–Trinajstić information content (AvgIpc) is 3.50. The van der Waals surface area contributed by atoms with Crippen molar-refractivity contribution >= 4 is 54.1 Å². The lowest BCUT2D eigenvalue weighted by Gasteiger charge is -2.13. The van der Waals surface area contributed by atoms with Gasteiger partial charge in [-0.25, -0.2) is 4.98 Å². The Kier molecular flexibility index (Phi) is 6.15. The van der Waals surface area contributed by atoms with Crippen molar-refractivity contribution in [2.24, 2.45) is 0 Å². The maximum atomic E-state index is 5.27. The molecule has 0 unspecified atom stereocenters. The minimum atomic E-state index is 0.590. The molecule has 0 radical (unpaired) electrons. The smallest absolute Gasteiger partial charge is 0.238 e. The molecule has 0 aliphatic heterocycles. The van der Waals surface area contributed by atoms with Crippen molar-refractivity contribution in [1.82, 2.24) is 19.5 Å². The zero-order valence-corrected chi connectivity index (χ0v) is 26.5. The summed E-state index contributed by atoms with van der Waals surface area (Å²) in [4.78, 5) is 15.7. The van der Waals surface area contributed by atoms with Crippen LogP contribution in [0.1, 0.15) is 0 Å². The minimum absolute atomic E-state index is 0.590. The molecule has 0 saturated carbocycles. The molecule has 2 aromatic heterocycles. The Hall–Kier alpha value is -6.65. The summed E-state index contributed by atoms with van der Waals surface area (Å²) in [6.45, 7) is 0. The summed E-state index contributed by atoms with van der Waals surface area (Å²) in [5.41, 5.74) is 6.35. The first-order chi connectivity index (χ1) is 24.3. The predicted octanol–water partition coefficient (Wildman–Crippen LogP) is 11.4. The molecular weight excluding hydrogens is 597 g/mol. The van der Waals surface area contributed by atoms with Crippen LogP contribution in [0.4, 0.5) is 0 Å². The second-order valence-corrected chi connectivity index (χ2v) is 12.5. The SMILES string of the molecule is c1ccc(-c2ccc(-c3nc(-c4ccc5ccccc5c4)nc(-n4c5cc6ccccc6cc5c5ccc6ccccc6c54)n3)cc2)cc1. The van der Waals surface area contributed by atoms with Crippen molar-refractivity contribution in [2.45, 2.75) is 0 Å². The highest BCUT2D eigenvalue weighted by molar-refractivity contribution is 6.20. The van der Waals surface area contributed by atoms with Crippen molar-refractivity contribution in [2.75, 3.05) is 0 Å². The second kappa shape index (κ2) is 11.0. The largest absolute Gasteiger partial charge is 0.277 e. The van der Waals surface area contributed by atoms with Crippen LogP contribution in [-0.4, -0.2) is 19.5 Å². The van der Waals surface area contributed by atoms with Gasteiger partial charge < -0.3 is 0 Å². The van der Waals surface area contributed by atoms with Gasteiger partial charge in [0.2, 0.25) is 5.95 Å². The van der Waals surface area contributed by atoms with Crippen molar-refractivity contribution in [3.63, 3.8) is 0 Å². The molecule has 4 nitrogen and oxygen atoms in total. The van der Waals surface area contributed by atoms with E-state index in [1.165, 1.54) is 37.9 Å². The van der Waals surface area contributed by atoms with Crippen LogP contribution in [0.5, 0.6) is 0 Å². The van der Waals surface area contributed by atoms with Gasteiger partial charge in [0.15, 0.2) is 11.6 Å². The zero-order valence-electron chi connectivity index (χ0n) is 26.5. The number of fused-ring (bicyclic) bond motifs is 7. The Bertz CT molecular complexity index is 2870. The third kappa shape index (κ3) is 4.57. The first-order valence-electron chi connectivity index (χ1n) is 16.5. The van der Waals surface area contributed by atoms with Gasteiger partial charge in [-0.3, -0.25) is 4.57 Å². The van der Waals surface area contributed by atoms with Crippen LogP contribution < -0.4 is 0 Å². The highest BCUT2D eigenvalue weighted by Gasteiger charge is 2.20. The lowest BCUT2D eigenvalue weighted by Crippen LogP contribution is -2.06. The van der Waals surface area contributed by atoms with Gasteiger partial charge in [0.05, 0.1) is 11.0 Å². The zero-order chi connectivity index (χ0) is 32.3. The predicted molar refractivity (Wildman–Crippen MR) is 203 cm³/mol. The number of hydrogen-bond donors (Lipinski definition) is 0. The van der Waals surface area contributed by atoms with E-state index in [1.54, 1.807) is 0 Å². The molecule has 4 heteroatoms. The van der Waals surface area contributed by atoms with Crippen molar-refractivity contribution < 1.29 is 0 Å². The fraction of sp³-hybridized carbons (Fsp3) is 0. The summed E-state index contributed by atoms with van der Waals surface area (Å²) in [7, 11) is 0. The molecule has 0 fully saturated rings. The molecule has 10 rings (SSSR count). The number of aromatic nitrogens is 4. The molecule has 0 aliphatic carbocycles. The number of benzene rings is 8. The molecule has 0 bridgehead atoms. The molecule has 0 atom stereocenters. The first kappa shape index (κ1) is 27.5. The number of nitrogens with zero attached hydrogens (tertiary/aromatic N) is 4. The fourth-order valence-electron chi connectivity index (χ4n) is 7.16. The molecular formula is C45H28N4. The monoisotopic (exact) mass is 624 g/mol. The molecule has 49 heavy (non-hydrogen) atoms. The molecule has 0 N–H and O–H groups in total. The number of hydrogen-bond acceptors (Lipinski definition) is 3. The highest BCUT2D eigenvalue weighted by atomic mass is 15.2. The molecule has 0 aliphatic rings. The summed E-state index contributed by atoms with van der Waals surface area (Å²) in [5, 5.41) is 9.36. The van der Waals surface area contributed by atoms with Crippen LogP contribution >= 0.6 is 0 Å². The molecule has 8 aromatic carbocycles. The summed E-state index contributed by atoms with van der Waals surface area (Å²) in [5.74, 6) is 1.85. The molecule has 0 amide bonds. The Morgan fingerprint density at radius 1 is 0.327 bits per heavy atom. The van der Waals surface area contributed by atoms with Crippen molar-refractivity contribution in [1.29, 1.82) is 0 Å². The molecule has 2 heterocycles. The Morgan fingerprint density at radius 3 is 1.65 bits per heavy atom. The molecule has 228 valence electrons. The van der Waals surface area contributed by atoms with E-state index < -0.39 is 0 Å². The summed E-state index contributed by atoms with van der Waals surface area (Å²) in [6, 6.07) is 59.9. The van der Waals surface area contributed by atoms with Crippen LogP contribution in [-0.2, 0) is 0 Å². The van der Waals surface area contributed by atoms with E-state index in [0.717, 1.165) is 38.5 Å². The van der Waals surface area contributed by atoms with Gasteiger partial charge in [-0.1, -0.05) is 152 Å². The van der Waals surface area contributed by atoms with Crippen LogP contribution in [0, 0.1) is 0 Å². The Labute approximate surface area is 282 Å². The lowest BCUT2D eigenvalue weighted by atomic mass is 10.0. The average molecular weight is 625 g/mol. The van der Waals surface area contributed by atoms with Gasteiger partial charge in [0.1, 0.15) is 0 Å². The third-order valence-electron chi connectivity index (χ3n) is 9.60. The van der Waals surface area contributed by atoms with Gasteiger partial charge in [-0.2, -0.15) is 9.97 Å². The summed E-state index contributed by atoms with van der Waals surface area (Å²) in [6.07, 6.45) is 0. The van der Waals surface area contributed by atoms with Gasteiger partial charge in [-0.05, 0) is 56.3 Å². The Balaban J connectivity index is 1.28. The maximum Gasteiger partial charge on any atom is 0.238 e. The third-order valence-corrected chi connectivity index (χ3v) is 9.60. The minimum Gasteiger partial charge on any atom is -0.277 e. The van der Waals surface area contributed by atoms with E-state index in [-0.39, 0.29) is 0 Å². The second-order valence-electron chi connectivity index (χ2n) is 12.5. The van der Waals surface area contributed by atoms with E-state index in [9.17, 15) is 0 Å². The van der Waals surface area contributed by atoms with Crippen molar-refractivity contribution in [3.8, 4) is 39.9 Å². The topological polar surface area (TPSA) is 43.6 Å². The maximum absolute atomic E-state index is 5.27. The first-order valence-corrected chi connectivity index (χ1v) is 16.5. The van der Waals surface area contributed by atoms with Crippen LogP contribution in [0.25, 0.3) is 94.0 Å². The van der Waals surface area contributed by atoms with E-state index in [1.807, 2.05) is 6.07 Å². The molecule has 0 saturated heterocycles. The summed E-state index contributed by atoms with van der Waals surface area (Å²) < 4.78 is 2.24. The summed E-state index contributed by atoms with van der Waals surface area (Å²) >= 11 is 0. The van der Waals surface area contributed by atoms with E-state index in [0.29, 0.717) is 17.6 Å². The standard InChI is InChI=1S/C45H28N4/c1-2-10-29(11-3-1)31-18-21-33(22-19-31)43-46-44(37-23-20-30-12-4-5-14-34(30)26-37)48-45(47-43)49-41-28-36-16-7-6-15-35(36)27-40(41)39-25-24-32-13-8-9-17-38(32)42(39)49/h1-28H. The quantitative estimate of drug-likeness (QED) is 0.196. The highest BCUT2D eigenvalue weighted by Crippen LogP contribution is 2.38. The lowest BCUT2D eigenvalue weighted by molar-refractivity contribution is 0.955. The fourth-order valence-corrected chi connectivity index (χ4v) is 7.16. The van der Waals surface area contributed by atoms with Gasteiger partial charge >= 0.3 is 0 Å². The van der Waals surface area contributed by atoms with Crippen molar-refractivity contribution in [3.05, 3.63) is 170 Å². The van der Waals surface area contributed by atoms with E-state index in [2.05, 4.69) is 168 Å². The van der Waals surface area contributed by atoms with E-state index in [4.69, 9.17) is 15.0 Å². The van der Waals surface area contributed by atoms with Gasteiger partial charge in [0.25, 0.3) is 0 Å². The normalized spacial score (nSPS) is 11.7. The molecule has 0 spiro atoms.